The number of nitrogens with zero attached hydrogens (tertiary/aromatic N) is 2. The molecule has 1 rings (SSSR count). The van der Waals surface area contributed by atoms with E-state index >= 15 is 0 Å². The van der Waals surface area contributed by atoms with E-state index in [1.54, 1.807) is 6.08 Å². The predicted octanol–water partition coefficient (Wildman–Crippen LogP) is 1.05. The first-order valence-electron chi connectivity index (χ1n) is 5.66. The van der Waals surface area contributed by atoms with Gasteiger partial charge in [-0.25, -0.2) is 4.98 Å². The van der Waals surface area contributed by atoms with E-state index in [0.717, 1.165) is 5.69 Å². The summed E-state index contributed by atoms with van der Waals surface area (Å²) < 4.78 is 4.77. The zero-order valence-corrected chi connectivity index (χ0v) is 11.8. The van der Waals surface area contributed by atoms with Crippen molar-refractivity contribution in [3.8, 4) is 0 Å². The van der Waals surface area contributed by atoms with Crippen LogP contribution in [0.25, 0.3) is 0 Å². The van der Waals surface area contributed by atoms with Crippen LogP contribution in [-0.2, 0) is 14.3 Å². The van der Waals surface area contributed by atoms with E-state index in [1.165, 1.54) is 23.3 Å². The summed E-state index contributed by atoms with van der Waals surface area (Å²) in [6.07, 6.45) is 1.56. The van der Waals surface area contributed by atoms with Crippen molar-refractivity contribution >= 4 is 28.3 Å². The lowest BCUT2D eigenvalue weighted by Gasteiger charge is -2.19. The molecule has 0 saturated heterocycles. The van der Waals surface area contributed by atoms with Crippen molar-refractivity contribution in [2.45, 2.75) is 6.92 Å². The number of thiazole rings is 1. The van der Waals surface area contributed by atoms with Crippen molar-refractivity contribution in [3.63, 3.8) is 0 Å². The van der Waals surface area contributed by atoms with Crippen LogP contribution < -0.4 is 5.32 Å². The Morgan fingerprint density at radius 2 is 2.37 bits per heavy atom. The van der Waals surface area contributed by atoms with Gasteiger partial charge in [0.05, 0.1) is 5.69 Å². The Balaban J connectivity index is 2.55. The number of nitrogens with one attached hydrogen (secondary N) is 1. The Kier molecular flexibility index (Phi) is 6.17. The van der Waals surface area contributed by atoms with Crippen LogP contribution in [0.1, 0.15) is 5.69 Å². The van der Waals surface area contributed by atoms with Gasteiger partial charge in [-0.15, -0.1) is 17.9 Å². The number of hydrogen-bond donors (Lipinski definition) is 1. The third-order valence-corrected chi connectivity index (χ3v) is 3.05. The van der Waals surface area contributed by atoms with Crippen LogP contribution in [0.3, 0.4) is 0 Å². The van der Waals surface area contributed by atoms with Gasteiger partial charge in [-0.05, 0) is 6.92 Å². The first-order chi connectivity index (χ1) is 9.06. The van der Waals surface area contributed by atoms with Crippen LogP contribution in [0.2, 0.25) is 0 Å². The normalized spacial score (nSPS) is 10.0. The molecule has 0 fully saturated rings. The van der Waals surface area contributed by atoms with E-state index < -0.39 is 0 Å². The molecule has 7 heteroatoms. The summed E-state index contributed by atoms with van der Waals surface area (Å²) in [4.78, 5) is 29.0. The number of carbonyl (C=O) groups is 2. The first-order valence-corrected chi connectivity index (χ1v) is 6.54. The van der Waals surface area contributed by atoms with E-state index in [0.29, 0.717) is 11.7 Å². The van der Waals surface area contributed by atoms with E-state index in [9.17, 15) is 9.59 Å². The molecular weight excluding hydrogens is 266 g/mol. The number of amides is 2. The van der Waals surface area contributed by atoms with Crippen molar-refractivity contribution in [2.24, 2.45) is 0 Å². The number of aromatic nitrogens is 1. The van der Waals surface area contributed by atoms with Crippen molar-refractivity contribution in [2.75, 3.05) is 32.1 Å². The molecule has 0 spiro atoms. The van der Waals surface area contributed by atoms with Crippen molar-refractivity contribution in [1.29, 1.82) is 0 Å². The highest BCUT2D eigenvalue weighted by molar-refractivity contribution is 7.13. The Bertz CT molecular complexity index is 459. The number of ether oxygens (including phenoxy) is 1. The number of methoxy groups -OCH3 is 1. The van der Waals surface area contributed by atoms with E-state index in [1.807, 2.05) is 12.3 Å². The van der Waals surface area contributed by atoms with Gasteiger partial charge < -0.3 is 15.0 Å². The summed E-state index contributed by atoms with van der Waals surface area (Å²) in [5.74, 6) is -0.548. The fraction of sp³-hybridized carbons (Fsp3) is 0.417. The SMILES string of the molecule is C=CCN(CC(=O)Nc1nc(C)cs1)C(=O)COC. The lowest BCUT2D eigenvalue weighted by atomic mass is 10.4. The molecule has 0 aliphatic rings. The molecule has 0 unspecified atom stereocenters. The molecule has 0 saturated carbocycles. The maximum Gasteiger partial charge on any atom is 0.249 e. The summed E-state index contributed by atoms with van der Waals surface area (Å²) in [5.41, 5.74) is 0.846. The Morgan fingerprint density at radius 1 is 1.63 bits per heavy atom. The zero-order chi connectivity index (χ0) is 14.3. The van der Waals surface area contributed by atoms with Crippen LogP contribution in [0.5, 0.6) is 0 Å². The topological polar surface area (TPSA) is 71.5 Å². The average Bonchev–Trinajstić information content (AvgIpc) is 2.74. The Hall–Kier alpha value is -1.73. The van der Waals surface area contributed by atoms with Crippen LogP contribution in [0.4, 0.5) is 5.13 Å². The van der Waals surface area contributed by atoms with E-state index in [-0.39, 0.29) is 25.0 Å². The minimum absolute atomic E-state index is 0.0488. The summed E-state index contributed by atoms with van der Waals surface area (Å²) >= 11 is 1.35. The highest BCUT2D eigenvalue weighted by atomic mass is 32.1. The molecule has 0 aliphatic heterocycles. The van der Waals surface area contributed by atoms with E-state index in [2.05, 4.69) is 16.9 Å². The lowest BCUT2D eigenvalue weighted by molar-refractivity contribution is -0.137. The maximum atomic E-state index is 11.8. The summed E-state index contributed by atoms with van der Waals surface area (Å²) in [6.45, 7) is 5.60. The smallest absolute Gasteiger partial charge is 0.249 e. The third kappa shape index (κ3) is 5.19. The second kappa shape index (κ2) is 7.65. The molecule has 0 atom stereocenters. The quantitative estimate of drug-likeness (QED) is 0.759. The first kappa shape index (κ1) is 15.3. The van der Waals surface area contributed by atoms with Crippen molar-refractivity contribution in [1.82, 2.24) is 9.88 Å². The van der Waals surface area contributed by atoms with Gasteiger partial charge in [0.25, 0.3) is 0 Å². The second-order valence-corrected chi connectivity index (χ2v) is 4.70. The molecule has 104 valence electrons. The Morgan fingerprint density at radius 3 is 2.89 bits per heavy atom. The maximum absolute atomic E-state index is 11.8. The molecule has 1 N–H and O–H groups in total. The third-order valence-electron chi connectivity index (χ3n) is 2.17. The van der Waals surface area contributed by atoms with Gasteiger partial charge >= 0.3 is 0 Å². The van der Waals surface area contributed by atoms with Crippen LogP contribution in [0, 0.1) is 6.92 Å². The van der Waals surface area contributed by atoms with Gasteiger partial charge in [0.1, 0.15) is 13.2 Å². The lowest BCUT2D eigenvalue weighted by Crippen LogP contribution is -2.39. The highest BCUT2D eigenvalue weighted by Crippen LogP contribution is 2.14. The minimum atomic E-state index is -0.291. The molecule has 0 aliphatic carbocycles. The zero-order valence-electron chi connectivity index (χ0n) is 11.0. The van der Waals surface area contributed by atoms with Gasteiger partial charge in [0.2, 0.25) is 11.8 Å². The Labute approximate surface area is 116 Å². The van der Waals surface area contributed by atoms with Crippen molar-refractivity contribution < 1.29 is 14.3 Å². The van der Waals surface area contributed by atoms with Crippen molar-refractivity contribution in [3.05, 3.63) is 23.7 Å². The number of carbonyl (C=O) groups excluding carboxylic acids is 2. The monoisotopic (exact) mass is 283 g/mol. The molecule has 2 amide bonds. The molecule has 0 bridgehead atoms. The predicted molar refractivity (Wildman–Crippen MR) is 74.1 cm³/mol. The van der Waals surface area contributed by atoms with Gasteiger partial charge in [-0.3, -0.25) is 9.59 Å². The van der Waals surface area contributed by atoms with Crippen LogP contribution >= 0.6 is 11.3 Å². The molecule has 6 nitrogen and oxygen atoms in total. The highest BCUT2D eigenvalue weighted by Gasteiger charge is 2.16. The van der Waals surface area contributed by atoms with Gasteiger partial charge in [0, 0.05) is 19.0 Å². The minimum Gasteiger partial charge on any atom is -0.375 e. The molecule has 0 radical (unpaired) electrons. The van der Waals surface area contributed by atoms with E-state index in [4.69, 9.17) is 4.74 Å². The summed E-state index contributed by atoms with van der Waals surface area (Å²) in [5, 5.41) is 5.02. The molecule has 1 aromatic heterocycles. The van der Waals surface area contributed by atoms with Crippen LogP contribution in [-0.4, -0.2) is 48.5 Å². The molecule has 0 aromatic carbocycles. The van der Waals surface area contributed by atoms with Gasteiger partial charge in [-0.1, -0.05) is 6.08 Å². The number of aryl methyl sites for hydroxylation is 1. The fourth-order valence-corrected chi connectivity index (χ4v) is 2.07. The van der Waals surface area contributed by atoms with Gasteiger partial charge in [-0.2, -0.15) is 0 Å². The summed E-state index contributed by atoms with van der Waals surface area (Å²) in [6, 6.07) is 0. The second-order valence-electron chi connectivity index (χ2n) is 3.84. The number of hydrogen-bond acceptors (Lipinski definition) is 5. The number of rotatable bonds is 7. The molecule has 19 heavy (non-hydrogen) atoms. The molecular formula is C12H17N3O3S. The van der Waals surface area contributed by atoms with Gasteiger partial charge in [0.15, 0.2) is 5.13 Å². The summed E-state index contributed by atoms with van der Waals surface area (Å²) in [7, 11) is 1.43. The molecule has 1 heterocycles. The fourth-order valence-electron chi connectivity index (χ4n) is 1.37. The average molecular weight is 283 g/mol. The molecule has 1 aromatic rings. The van der Waals surface area contributed by atoms with Crippen LogP contribution in [0.15, 0.2) is 18.0 Å². The largest absolute Gasteiger partial charge is 0.375 e. The number of anilines is 1. The standard InChI is InChI=1S/C12H17N3O3S/c1-4-5-15(11(17)7-18-3)6-10(16)14-12-13-9(2)8-19-12/h4,8H,1,5-7H2,2-3H3,(H,13,14,16).